The van der Waals surface area contributed by atoms with E-state index in [1.807, 2.05) is 25.3 Å². The normalized spacial score (nSPS) is 10.8. The van der Waals surface area contributed by atoms with E-state index in [1.54, 1.807) is 24.8 Å². The summed E-state index contributed by atoms with van der Waals surface area (Å²) in [6, 6.07) is 3.57. The number of ketones is 1. The van der Waals surface area contributed by atoms with Crippen molar-refractivity contribution in [1.29, 1.82) is 0 Å². The number of esters is 1. The molecule has 1 N–H and O–H groups in total. The number of carbonyl (C=O) groups excluding carboxylic acids is 3. The number of hydrogen-bond donors (Lipinski definition) is 1. The van der Waals surface area contributed by atoms with E-state index in [0.29, 0.717) is 28.2 Å². The lowest BCUT2D eigenvalue weighted by Gasteiger charge is -2.23. The lowest BCUT2D eigenvalue weighted by Crippen LogP contribution is -2.38. The molecule has 0 unspecified atom stereocenters. The van der Waals surface area contributed by atoms with E-state index in [0.717, 1.165) is 0 Å². The van der Waals surface area contributed by atoms with Crippen molar-refractivity contribution >= 4 is 29.0 Å². The van der Waals surface area contributed by atoms with E-state index < -0.39 is 5.97 Å². The molecule has 1 amide bonds. The molecule has 0 saturated carbocycles. The van der Waals surface area contributed by atoms with Crippen molar-refractivity contribution in [1.82, 2.24) is 9.88 Å². The molecule has 2 aromatic rings. The second-order valence-corrected chi connectivity index (χ2v) is 7.54. The molecule has 2 aromatic heterocycles. The van der Waals surface area contributed by atoms with Crippen molar-refractivity contribution in [3.05, 3.63) is 44.9 Å². The highest BCUT2D eigenvalue weighted by atomic mass is 32.1. The number of Topliss-reactive ketones (excluding diaryl/α,β-unsaturated/α-hetero) is 1. The van der Waals surface area contributed by atoms with Crippen LogP contribution < -0.4 is 0 Å². The Labute approximate surface area is 157 Å². The van der Waals surface area contributed by atoms with E-state index >= 15 is 0 Å². The standard InChI is InChI=1S/C19H24N2O4S/c1-11(2)9-21(18(23)15-7-6-8-26-15)10-14(22)16-12(3)17(19(24)25-5)20-13(16)4/h6-8,11,20H,9-10H2,1-5H3. The van der Waals surface area contributed by atoms with Gasteiger partial charge in [0.05, 0.1) is 18.5 Å². The van der Waals surface area contributed by atoms with Gasteiger partial charge in [0, 0.05) is 17.8 Å². The van der Waals surface area contributed by atoms with E-state index in [-0.39, 0.29) is 29.8 Å². The first kappa shape index (κ1) is 19.9. The van der Waals surface area contributed by atoms with Crippen LogP contribution in [-0.2, 0) is 4.74 Å². The summed E-state index contributed by atoms with van der Waals surface area (Å²) >= 11 is 1.36. The Hall–Kier alpha value is -2.41. The second-order valence-electron chi connectivity index (χ2n) is 6.60. The zero-order chi connectivity index (χ0) is 19.4. The number of H-pyrrole nitrogens is 1. The minimum absolute atomic E-state index is 0.0327. The molecular weight excluding hydrogens is 352 g/mol. The monoisotopic (exact) mass is 376 g/mol. The molecule has 26 heavy (non-hydrogen) atoms. The first-order chi connectivity index (χ1) is 12.3. The van der Waals surface area contributed by atoms with Crippen LogP contribution in [0.2, 0.25) is 0 Å². The van der Waals surface area contributed by atoms with Crippen molar-refractivity contribution in [3.8, 4) is 0 Å². The zero-order valence-electron chi connectivity index (χ0n) is 15.7. The fourth-order valence-corrected chi connectivity index (χ4v) is 3.63. The van der Waals surface area contributed by atoms with Crippen molar-refractivity contribution in [2.24, 2.45) is 5.92 Å². The van der Waals surface area contributed by atoms with Gasteiger partial charge in [0.15, 0.2) is 5.78 Å². The summed E-state index contributed by atoms with van der Waals surface area (Å²) < 4.78 is 4.74. The number of aryl methyl sites for hydroxylation is 1. The predicted molar refractivity (Wildman–Crippen MR) is 101 cm³/mol. The third-order valence-electron chi connectivity index (χ3n) is 4.05. The minimum Gasteiger partial charge on any atom is -0.464 e. The van der Waals surface area contributed by atoms with Crippen molar-refractivity contribution in [2.75, 3.05) is 20.2 Å². The van der Waals surface area contributed by atoms with Crippen LogP contribution in [0, 0.1) is 19.8 Å². The maximum absolute atomic E-state index is 12.9. The number of nitrogens with zero attached hydrogens (tertiary/aromatic N) is 1. The molecule has 7 heteroatoms. The smallest absolute Gasteiger partial charge is 0.354 e. The molecule has 6 nitrogen and oxygen atoms in total. The van der Waals surface area contributed by atoms with Crippen LogP contribution in [0.25, 0.3) is 0 Å². The van der Waals surface area contributed by atoms with E-state index in [4.69, 9.17) is 4.74 Å². The van der Waals surface area contributed by atoms with Crippen LogP contribution in [-0.4, -0.2) is 47.7 Å². The summed E-state index contributed by atoms with van der Waals surface area (Å²) in [6.07, 6.45) is 0. The quantitative estimate of drug-likeness (QED) is 0.593. The molecule has 0 saturated heterocycles. The van der Waals surface area contributed by atoms with Crippen molar-refractivity contribution < 1.29 is 19.1 Å². The third kappa shape index (κ3) is 4.22. The van der Waals surface area contributed by atoms with Gasteiger partial charge in [0.1, 0.15) is 5.69 Å². The fraction of sp³-hybridized carbons (Fsp3) is 0.421. The van der Waals surface area contributed by atoms with Crippen molar-refractivity contribution in [2.45, 2.75) is 27.7 Å². The number of aromatic nitrogens is 1. The van der Waals surface area contributed by atoms with Gasteiger partial charge in [-0.3, -0.25) is 9.59 Å². The van der Waals surface area contributed by atoms with E-state index in [2.05, 4.69) is 4.98 Å². The first-order valence-electron chi connectivity index (χ1n) is 8.39. The average Bonchev–Trinajstić information content (AvgIpc) is 3.20. The molecule has 0 atom stereocenters. The molecular formula is C19H24N2O4S. The molecule has 0 aliphatic heterocycles. The second kappa shape index (κ2) is 8.31. The van der Waals surface area contributed by atoms with Gasteiger partial charge < -0.3 is 14.6 Å². The molecule has 0 aliphatic carbocycles. The number of methoxy groups -OCH3 is 1. The Balaban J connectivity index is 2.29. The molecule has 0 bridgehead atoms. The lowest BCUT2D eigenvalue weighted by molar-refractivity contribution is 0.0593. The van der Waals surface area contributed by atoms with Crippen LogP contribution in [0.15, 0.2) is 17.5 Å². The maximum Gasteiger partial charge on any atom is 0.354 e. The van der Waals surface area contributed by atoms with Crippen LogP contribution in [0.3, 0.4) is 0 Å². The fourth-order valence-electron chi connectivity index (χ4n) is 2.94. The van der Waals surface area contributed by atoms with Gasteiger partial charge in [-0.05, 0) is 36.8 Å². The molecule has 0 aromatic carbocycles. The third-order valence-corrected chi connectivity index (χ3v) is 4.90. The Morgan fingerprint density at radius 1 is 1.27 bits per heavy atom. The molecule has 0 aliphatic rings. The predicted octanol–water partition coefficient (Wildman–Crippen LogP) is 3.46. The number of amides is 1. The summed E-state index contributed by atoms with van der Waals surface area (Å²) in [5, 5.41) is 1.84. The van der Waals surface area contributed by atoms with Gasteiger partial charge in [0.25, 0.3) is 5.91 Å². The van der Waals surface area contributed by atoms with Gasteiger partial charge in [0.2, 0.25) is 0 Å². The topological polar surface area (TPSA) is 79.5 Å². The van der Waals surface area contributed by atoms with Crippen molar-refractivity contribution in [3.63, 3.8) is 0 Å². The van der Waals surface area contributed by atoms with Gasteiger partial charge in [-0.15, -0.1) is 11.3 Å². The number of hydrogen-bond acceptors (Lipinski definition) is 5. The number of aromatic amines is 1. The molecule has 2 rings (SSSR count). The molecule has 0 spiro atoms. The van der Waals surface area contributed by atoms with Crippen LogP contribution >= 0.6 is 11.3 Å². The Bertz CT molecular complexity index is 806. The summed E-state index contributed by atoms with van der Waals surface area (Å²) in [5.74, 6) is -0.637. The lowest BCUT2D eigenvalue weighted by atomic mass is 10.0. The van der Waals surface area contributed by atoms with Gasteiger partial charge >= 0.3 is 5.97 Å². The Morgan fingerprint density at radius 2 is 1.96 bits per heavy atom. The SMILES string of the molecule is COC(=O)c1[nH]c(C)c(C(=O)CN(CC(C)C)C(=O)c2cccs2)c1C. The Morgan fingerprint density at radius 3 is 2.50 bits per heavy atom. The number of ether oxygens (including phenoxy) is 1. The largest absolute Gasteiger partial charge is 0.464 e. The molecule has 140 valence electrons. The number of rotatable bonds is 7. The summed E-state index contributed by atoms with van der Waals surface area (Å²) in [6.45, 7) is 7.89. The van der Waals surface area contributed by atoms with Gasteiger partial charge in [-0.25, -0.2) is 4.79 Å². The maximum atomic E-state index is 12.9. The minimum atomic E-state index is -0.515. The van der Waals surface area contributed by atoms with Crippen LogP contribution in [0.1, 0.15) is 55.6 Å². The van der Waals surface area contributed by atoms with Gasteiger partial charge in [-0.2, -0.15) is 0 Å². The highest BCUT2D eigenvalue weighted by Crippen LogP contribution is 2.21. The summed E-state index contributed by atoms with van der Waals surface area (Å²) in [7, 11) is 1.30. The molecule has 0 radical (unpaired) electrons. The number of thiophene rings is 1. The van der Waals surface area contributed by atoms with Crippen LogP contribution in [0.5, 0.6) is 0 Å². The molecule has 0 fully saturated rings. The summed E-state index contributed by atoms with van der Waals surface area (Å²) in [4.78, 5) is 42.6. The number of nitrogens with one attached hydrogen (secondary N) is 1. The summed E-state index contributed by atoms with van der Waals surface area (Å²) in [5.41, 5.74) is 1.86. The highest BCUT2D eigenvalue weighted by Gasteiger charge is 2.26. The first-order valence-corrected chi connectivity index (χ1v) is 9.27. The van der Waals surface area contributed by atoms with E-state index in [1.165, 1.54) is 18.4 Å². The molecule has 2 heterocycles. The average molecular weight is 376 g/mol. The van der Waals surface area contributed by atoms with Gasteiger partial charge in [-0.1, -0.05) is 19.9 Å². The Kier molecular flexibility index (Phi) is 6.37. The van der Waals surface area contributed by atoms with Crippen LogP contribution in [0.4, 0.5) is 0 Å². The van der Waals surface area contributed by atoms with E-state index in [9.17, 15) is 14.4 Å². The number of carbonyl (C=O) groups is 3. The highest BCUT2D eigenvalue weighted by molar-refractivity contribution is 7.12. The zero-order valence-corrected chi connectivity index (χ0v) is 16.5.